The molecule has 1 aromatic heterocycles. The van der Waals surface area contributed by atoms with Crippen LogP contribution in [0.5, 0.6) is 0 Å². The first-order chi connectivity index (χ1) is 7.83. The van der Waals surface area contributed by atoms with E-state index in [0.29, 0.717) is 12.0 Å². The zero-order valence-electron chi connectivity index (χ0n) is 9.75. The fourth-order valence-electron chi connectivity index (χ4n) is 2.70. The van der Waals surface area contributed by atoms with Gasteiger partial charge in [0.05, 0.1) is 6.20 Å². The molecule has 0 spiro atoms. The molecule has 1 aromatic rings. The Morgan fingerprint density at radius 2 is 2.25 bits per heavy atom. The number of likely N-dealkylation sites (N-methyl/N-ethyl adjacent to an activating group) is 1. The summed E-state index contributed by atoms with van der Waals surface area (Å²) >= 11 is 0. The molecule has 1 N–H and O–H groups in total. The molecule has 16 heavy (non-hydrogen) atoms. The number of nitrogens with one attached hydrogen (secondary N) is 1. The standard InChI is InChI=1S/C13H19FN2/c1-2-16-13-6-4-3-5-11(13)10-7-8-15-9-12(10)14/h7-9,11,13,16H,2-6H2,1H3. The highest BCUT2D eigenvalue weighted by Gasteiger charge is 2.27. The minimum atomic E-state index is -0.155. The molecule has 1 fully saturated rings. The van der Waals surface area contributed by atoms with Crippen molar-refractivity contribution in [1.82, 2.24) is 10.3 Å². The SMILES string of the molecule is CCNC1CCCCC1c1ccncc1F. The molecule has 2 atom stereocenters. The number of pyridine rings is 1. The monoisotopic (exact) mass is 222 g/mol. The van der Waals surface area contributed by atoms with Gasteiger partial charge in [-0.25, -0.2) is 4.39 Å². The van der Waals surface area contributed by atoms with Gasteiger partial charge in [0.2, 0.25) is 0 Å². The van der Waals surface area contributed by atoms with Crippen LogP contribution in [0.2, 0.25) is 0 Å². The van der Waals surface area contributed by atoms with Crippen molar-refractivity contribution >= 4 is 0 Å². The van der Waals surface area contributed by atoms with Gasteiger partial charge in [0.1, 0.15) is 5.82 Å². The molecule has 2 rings (SSSR count). The number of rotatable bonds is 3. The highest BCUT2D eigenvalue weighted by Crippen LogP contribution is 2.33. The summed E-state index contributed by atoms with van der Waals surface area (Å²) in [5.74, 6) is 0.161. The topological polar surface area (TPSA) is 24.9 Å². The van der Waals surface area contributed by atoms with Crippen LogP contribution in [-0.2, 0) is 0 Å². The van der Waals surface area contributed by atoms with E-state index < -0.39 is 0 Å². The Morgan fingerprint density at radius 1 is 1.44 bits per heavy atom. The number of halogens is 1. The van der Waals surface area contributed by atoms with Gasteiger partial charge < -0.3 is 5.32 Å². The van der Waals surface area contributed by atoms with Gasteiger partial charge in [-0.3, -0.25) is 4.98 Å². The minimum absolute atomic E-state index is 0.155. The third kappa shape index (κ3) is 2.40. The Kier molecular flexibility index (Phi) is 3.88. The lowest BCUT2D eigenvalue weighted by atomic mass is 9.80. The summed E-state index contributed by atoms with van der Waals surface area (Å²) in [6, 6.07) is 2.26. The molecular weight excluding hydrogens is 203 g/mol. The molecule has 1 aliphatic rings. The van der Waals surface area contributed by atoms with Crippen LogP contribution in [0.15, 0.2) is 18.5 Å². The number of aromatic nitrogens is 1. The maximum atomic E-state index is 13.7. The first-order valence-electron chi connectivity index (χ1n) is 6.15. The van der Waals surface area contributed by atoms with E-state index >= 15 is 0 Å². The maximum Gasteiger partial charge on any atom is 0.145 e. The van der Waals surface area contributed by atoms with Crippen molar-refractivity contribution < 1.29 is 4.39 Å². The van der Waals surface area contributed by atoms with Gasteiger partial charge in [-0.2, -0.15) is 0 Å². The summed E-state index contributed by atoms with van der Waals surface area (Å²) in [6.07, 6.45) is 7.71. The van der Waals surface area contributed by atoms with E-state index in [1.165, 1.54) is 19.0 Å². The highest BCUT2D eigenvalue weighted by atomic mass is 19.1. The van der Waals surface area contributed by atoms with E-state index in [2.05, 4.69) is 17.2 Å². The maximum absolute atomic E-state index is 13.7. The van der Waals surface area contributed by atoms with Crippen molar-refractivity contribution in [3.05, 3.63) is 29.8 Å². The lowest BCUT2D eigenvalue weighted by molar-refractivity contribution is 0.326. The molecule has 0 aliphatic heterocycles. The molecule has 3 heteroatoms. The summed E-state index contributed by atoms with van der Waals surface area (Å²) in [4.78, 5) is 3.82. The van der Waals surface area contributed by atoms with Crippen LogP contribution in [-0.4, -0.2) is 17.6 Å². The summed E-state index contributed by atoms with van der Waals surface area (Å²) in [7, 11) is 0. The Bertz CT molecular complexity index is 338. The Morgan fingerprint density at radius 3 is 3.00 bits per heavy atom. The second-order valence-corrected chi connectivity index (χ2v) is 4.45. The lowest BCUT2D eigenvalue weighted by Gasteiger charge is -2.32. The quantitative estimate of drug-likeness (QED) is 0.850. The first-order valence-corrected chi connectivity index (χ1v) is 6.15. The van der Waals surface area contributed by atoms with Crippen LogP contribution in [0, 0.1) is 5.82 Å². The molecule has 0 aromatic carbocycles. The fourth-order valence-corrected chi connectivity index (χ4v) is 2.70. The third-order valence-electron chi connectivity index (χ3n) is 3.44. The second-order valence-electron chi connectivity index (χ2n) is 4.45. The van der Waals surface area contributed by atoms with Gasteiger partial charge in [-0.1, -0.05) is 19.8 Å². The van der Waals surface area contributed by atoms with E-state index in [9.17, 15) is 4.39 Å². The summed E-state index contributed by atoms with van der Waals surface area (Å²) in [5, 5.41) is 3.47. The van der Waals surface area contributed by atoms with E-state index in [-0.39, 0.29) is 5.82 Å². The minimum Gasteiger partial charge on any atom is -0.314 e. The summed E-state index contributed by atoms with van der Waals surface area (Å²) in [6.45, 7) is 3.06. The van der Waals surface area contributed by atoms with Crippen molar-refractivity contribution in [3.63, 3.8) is 0 Å². The van der Waals surface area contributed by atoms with Crippen LogP contribution in [0.1, 0.15) is 44.1 Å². The average molecular weight is 222 g/mol. The molecule has 0 radical (unpaired) electrons. The number of nitrogens with zero attached hydrogens (tertiary/aromatic N) is 1. The Labute approximate surface area is 96.3 Å². The Balaban J connectivity index is 2.19. The van der Waals surface area contributed by atoms with E-state index in [0.717, 1.165) is 24.9 Å². The van der Waals surface area contributed by atoms with Crippen LogP contribution < -0.4 is 5.32 Å². The van der Waals surface area contributed by atoms with Gasteiger partial charge >= 0.3 is 0 Å². The van der Waals surface area contributed by atoms with Gasteiger partial charge in [-0.05, 0) is 31.0 Å². The Hall–Kier alpha value is -0.960. The molecule has 1 aliphatic carbocycles. The first kappa shape index (κ1) is 11.5. The zero-order valence-corrected chi connectivity index (χ0v) is 9.75. The molecule has 1 heterocycles. The third-order valence-corrected chi connectivity index (χ3v) is 3.44. The van der Waals surface area contributed by atoms with Crippen LogP contribution >= 0.6 is 0 Å². The molecule has 88 valence electrons. The summed E-state index contributed by atoms with van der Waals surface area (Å²) in [5.41, 5.74) is 0.834. The van der Waals surface area contributed by atoms with E-state index in [4.69, 9.17) is 0 Å². The largest absolute Gasteiger partial charge is 0.314 e. The normalized spacial score (nSPS) is 25.6. The predicted octanol–water partition coefficient (Wildman–Crippen LogP) is 2.86. The van der Waals surface area contributed by atoms with Crippen molar-refractivity contribution in [1.29, 1.82) is 0 Å². The van der Waals surface area contributed by atoms with Crippen molar-refractivity contribution in [2.45, 2.75) is 44.6 Å². The molecule has 2 unspecified atom stereocenters. The van der Waals surface area contributed by atoms with Crippen molar-refractivity contribution in [2.24, 2.45) is 0 Å². The second kappa shape index (κ2) is 5.39. The lowest BCUT2D eigenvalue weighted by Crippen LogP contribution is -2.37. The molecular formula is C13H19FN2. The fraction of sp³-hybridized carbons (Fsp3) is 0.615. The van der Waals surface area contributed by atoms with Gasteiger partial charge in [0.25, 0.3) is 0 Å². The van der Waals surface area contributed by atoms with Crippen molar-refractivity contribution in [3.8, 4) is 0 Å². The molecule has 2 nitrogen and oxygen atoms in total. The van der Waals surface area contributed by atoms with Crippen LogP contribution in [0.3, 0.4) is 0 Å². The van der Waals surface area contributed by atoms with Crippen LogP contribution in [0.4, 0.5) is 4.39 Å². The van der Waals surface area contributed by atoms with Gasteiger partial charge in [0.15, 0.2) is 0 Å². The van der Waals surface area contributed by atoms with E-state index in [1.807, 2.05) is 6.07 Å². The highest BCUT2D eigenvalue weighted by molar-refractivity contribution is 5.21. The summed E-state index contributed by atoms with van der Waals surface area (Å²) < 4.78 is 13.7. The van der Waals surface area contributed by atoms with Gasteiger partial charge in [-0.15, -0.1) is 0 Å². The molecule has 1 saturated carbocycles. The van der Waals surface area contributed by atoms with E-state index in [1.54, 1.807) is 6.20 Å². The molecule has 0 saturated heterocycles. The zero-order chi connectivity index (χ0) is 11.4. The van der Waals surface area contributed by atoms with Crippen LogP contribution in [0.25, 0.3) is 0 Å². The smallest absolute Gasteiger partial charge is 0.145 e. The molecule has 0 amide bonds. The van der Waals surface area contributed by atoms with Gasteiger partial charge in [0, 0.05) is 18.2 Å². The average Bonchev–Trinajstić information content (AvgIpc) is 2.31. The van der Waals surface area contributed by atoms with Crippen molar-refractivity contribution in [2.75, 3.05) is 6.54 Å². The number of hydrogen-bond donors (Lipinski definition) is 1. The number of hydrogen-bond acceptors (Lipinski definition) is 2. The predicted molar refractivity (Wildman–Crippen MR) is 62.9 cm³/mol. The molecule has 0 bridgehead atoms.